The number of thiazole rings is 1. The van der Waals surface area contributed by atoms with Crippen molar-refractivity contribution in [3.8, 4) is 0 Å². The van der Waals surface area contributed by atoms with Crippen LogP contribution in [0.25, 0.3) is 21.3 Å². The minimum Gasteiger partial charge on any atom is -0.420 e. The molecule has 1 fully saturated rings. The van der Waals surface area contributed by atoms with E-state index in [4.69, 9.17) is 8.84 Å². The molecule has 5 rings (SSSR count). The minimum absolute atomic E-state index is 0.0342. The van der Waals surface area contributed by atoms with Gasteiger partial charge < -0.3 is 13.7 Å². The summed E-state index contributed by atoms with van der Waals surface area (Å²) in [5.74, 6) is -0.269. The number of anilines is 2. The van der Waals surface area contributed by atoms with Crippen molar-refractivity contribution in [1.29, 1.82) is 0 Å². The molecule has 1 aliphatic heterocycles. The predicted molar refractivity (Wildman–Crippen MR) is 153 cm³/mol. The summed E-state index contributed by atoms with van der Waals surface area (Å²) in [5.41, 5.74) is 0.997. The Bertz CT molecular complexity index is 1500. The van der Waals surface area contributed by atoms with Gasteiger partial charge in [0.05, 0.1) is 15.8 Å². The van der Waals surface area contributed by atoms with Crippen molar-refractivity contribution in [2.75, 3.05) is 31.6 Å². The third-order valence-electron chi connectivity index (χ3n) is 8.13. The van der Waals surface area contributed by atoms with E-state index in [1.165, 1.54) is 12.1 Å². The van der Waals surface area contributed by atoms with Crippen LogP contribution in [0.3, 0.4) is 0 Å². The maximum absolute atomic E-state index is 15.0. The Morgan fingerprint density at radius 1 is 1.07 bits per heavy atom. The molecule has 0 aliphatic carbocycles. The lowest BCUT2D eigenvalue weighted by molar-refractivity contribution is -0.137. The molecule has 2 aromatic heterocycles. The number of piperidine rings is 1. The number of halogens is 4. The molecular weight excluding hydrogens is 560 g/mol. The number of benzene rings is 2. The van der Waals surface area contributed by atoms with E-state index in [-0.39, 0.29) is 22.6 Å². The molecule has 1 N–H and O–H groups in total. The van der Waals surface area contributed by atoms with Crippen LogP contribution in [0.4, 0.5) is 28.7 Å². The number of hydrogen-bond acceptors (Lipinski definition) is 7. The molecular formula is C28H34F4N4O2SSi. The highest BCUT2D eigenvalue weighted by atomic mass is 32.1. The SMILES string of the molecule is CC(C)(C)[Si](C)(C)OCCN1CCC(c2cc(F)c3oc(Nc4nc5ccc(C(F)(F)F)cc5s4)nc3c2)CC1. The molecule has 0 spiro atoms. The highest BCUT2D eigenvalue weighted by molar-refractivity contribution is 7.22. The van der Waals surface area contributed by atoms with Crippen LogP contribution in [-0.2, 0) is 10.6 Å². The lowest BCUT2D eigenvalue weighted by Crippen LogP contribution is -2.43. The molecule has 40 heavy (non-hydrogen) atoms. The minimum atomic E-state index is -4.43. The first-order chi connectivity index (χ1) is 18.7. The molecule has 0 unspecified atom stereocenters. The van der Waals surface area contributed by atoms with Gasteiger partial charge in [0.25, 0.3) is 0 Å². The highest BCUT2D eigenvalue weighted by Crippen LogP contribution is 2.38. The fraction of sp³-hybridized carbons (Fsp3) is 0.500. The zero-order valence-electron chi connectivity index (χ0n) is 23.3. The van der Waals surface area contributed by atoms with Gasteiger partial charge in [-0.1, -0.05) is 32.1 Å². The molecule has 4 aromatic rings. The number of fused-ring (bicyclic) bond motifs is 2. The van der Waals surface area contributed by atoms with Crippen LogP contribution in [0, 0.1) is 5.82 Å². The number of hydrogen-bond donors (Lipinski definition) is 1. The fourth-order valence-corrected chi connectivity index (χ4v) is 6.61. The van der Waals surface area contributed by atoms with Crippen molar-refractivity contribution in [2.24, 2.45) is 0 Å². The monoisotopic (exact) mass is 594 g/mol. The van der Waals surface area contributed by atoms with Gasteiger partial charge in [-0.2, -0.15) is 18.2 Å². The zero-order chi connectivity index (χ0) is 28.9. The number of oxazole rings is 1. The topological polar surface area (TPSA) is 63.4 Å². The Kier molecular flexibility index (Phi) is 7.75. The number of likely N-dealkylation sites (tertiary alicyclic amines) is 1. The van der Waals surface area contributed by atoms with E-state index in [0.29, 0.717) is 20.9 Å². The van der Waals surface area contributed by atoms with Crippen LogP contribution < -0.4 is 5.32 Å². The van der Waals surface area contributed by atoms with E-state index in [2.05, 4.69) is 54.0 Å². The molecule has 1 aliphatic rings. The molecule has 3 heterocycles. The third-order valence-corrected chi connectivity index (χ3v) is 13.6. The molecule has 0 radical (unpaired) electrons. The summed E-state index contributed by atoms with van der Waals surface area (Å²) in [6.45, 7) is 14.7. The molecule has 216 valence electrons. The Morgan fingerprint density at radius 2 is 1.80 bits per heavy atom. The summed E-state index contributed by atoms with van der Waals surface area (Å²) >= 11 is 1.04. The smallest absolute Gasteiger partial charge is 0.416 e. The Hall–Kier alpha value is -2.54. The van der Waals surface area contributed by atoms with Gasteiger partial charge in [-0.25, -0.2) is 9.37 Å². The second kappa shape index (κ2) is 10.7. The average molecular weight is 595 g/mol. The van der Waals surface area contributed by atoms with Crippen LogP contribution in [0.2, 0.25) is 18.1 Å². The van der Waals surface area contributed by atoms with Crippen molar-refractivity contribution in [2.45, 2.75) is 63.8 Å². The van der Waals surface area contributed by atoms with Crippen molar-refractivity contribution >= 4 is 52.1 Å². The Balaban J connectivity index is 1.22. The molecule has 12 heteroatoms. The molecule has 2 aromatic carbocycles. The number of rotatable bonds is 7. The lowest BCUT2D eigenvalue weighted by atomic mass is 9.89. The normalized spacial score (nSPS) is 16.3. The number of nitrogens with one attached hydrogen (secondary N) is 1. The first kappa shape index (κ1) is 29.0. The molecule has 0 bridgehead atoms. The van der Waals surface area contributed by atoms with E-state index in [9.17, 15) is 13.2 Å². The summed E-state index contributed by atoms with van der Waals surface area (Å²) in [7, 11) is -1.76. The van der Waals surface area contributed by atoms with Gasteiger partial charge in [-0.05, 0) is 85.9 Å². The molecule has 1 saturated heterocycles. The van der Waals surface area contributed by atoms with E-state index in [1.54, 1.807) is 0 Å². The molecule has 6 nitrogen and oxygen atoms in total. The summed E-state index contributed by atoms with van der Waals surface area (Å²) < 4.78 is 66.4. The predicted octanol–water partition coefficient (Wildman–Crippen LogP) is 8.54. The summed E-state index contributed by atoms with van der Waals surface area (Å²) in [6, 6.07) is 6.80. The molecule has 0 atom stereocenters. The van der Waals surface area contributed by atoms with E-state index in [0.717, 1.165) is 68.1 Å². The maximum Gasteiger partial charge on any atom is 0.416 e. The second-order valence-corrected chi connectivity index (χ2v) is 17.8. The summed E-state index contributed by atoms with van der Waals surface area (Å²) in [4.78, 5) is 11.1. The number of alkyl halides is 3. The average Bonchev–Trinajstić information content (AvgIpc) is 3.46. The third kappa shape index (κ3) is 6.19. The van der Waals surface area contributed by atoms with Gasteiger partial charge in [-0.3, -0.25) is 5.32 Å². The van der Waals surface area contributed by atoms with Crippen LogP contribution in [-0.4, -0.2) is 49.4 Å². The lowest BCUT2D eigenvalue weighted by Gasteiger charge is -2.37. The van der Waals surface area contributed by atoms with Crippen molar-refractivity contribution < 1.29 is 26.4 Å². The number of aromatic nitrogens is 2. The van der Waals surface area contributed by atoms with E-state index < -0.39 is 25.9 Å². The van der Waals surface area contributed by atoms with Gasteiger partial charge >= 0.3 is 12.2 Å². The standard InChI is InChI=1S/C28H34F4N4O2SSi/c1-27(2,3)40(4,5)37-13-12-36-10-8-17(9-11-36)18-14-20(29)24-22(15-18)33-25(38-24)35-26-34-21-7-6-19(28(30,31)32)16-23(21)39-26/h6-7,14-17H,8-13H2,1-5H3,(H,33,34,35). The quantitative estimate of drug-likeness (QED) is 0.171. The van der Waals surface area contributed by atoms with Crippen molar-refractivity contribution in [3.63, 3.8) is 0 Å². The fourth-order valence-electron chi connectivity index (χ4n) is 4.68. The van der Waals surface area contributed by atoms with Crippen molar-refractivity contribution in [1.82, 2.24) is 14.9 Å². The largest absolute Gasteiger partial charge is 0.420 e. The molecule has 0 amide bonds. The number of nitrogens with zero attached hydrogens (tertiary/aromatic N) is 3. The van der Waals surface area contributed by atoms with E-state index in [1.807, 2.05) is 6.07 Å². The molecule has 0 saturated carbocycles. The van der Waals surface area contributed by atoms with Gasteiger partial charge in [0.1, 0.15) is 5.52 Å². The summed E-state index contributed by atoms with van der Waals surface area (Å²) in [5, 5.41) is 3.38. The van der Waals surface area contributed by atoms with Crippen LogP contribution in [0.1, 0.15) is 50.7 Å². The Morgan fingerprint density at radius 3 is 2.48 bits per heavy atom. The first-order valence-corrected chi connectivity index (χ1v) is 17.1. The zero-order valence-corrected chi connectivity index (χ0v) is 25.1. The van der Waals surface area contributed by atoms with Gasteiger partial charge in [0, 0.05) is 13.2 Å². The van der Waals surface area contributed by atoms with E-state index >= 15 is 4.39 Å². The van der Waals surface area contributed by atoms with Gasteiger partial charge in [0.15, 0.2) is 24.8 Å². The Labute approximate surface area is 235 Å². The highest BCUT2D eigenvalue weighted by Gasteiger charge is 2.37. The van der Waals surface area contributed by atoms with Crippen LogP contribution in [0.15, 0.2) is 34.7 Å². The maximum atomic E-state index is 15.0. The van der Waals surface area contributed by atoms with Crippen LogP contribution >= 0.6 is 11.3 Å². The van der Waals surface area contributed by atoms with Gasteiger partial charge in [-0.15, -0.1) is 0 Å². The summed E-state index contributed by atoms with van der Waals surface area (Å²) in [6.07, 6.45) is -2.60. The van der Waals surface area contributed by atoms with Crippen LogP contribution in [0.5, 0.6) is 0 Å². The van der Waals surface area contributed by atoms with Crippen molar-refractivity contribution in [3.05, 3.63) is 47.3 Å². The van der Waals surface area contributed by atoms with Gasteiger partial charge in [0.2, 0.25) is 0 Å². The second-order valence-electron chi connectivity index (χ2n) is 11.9. The first-order valence-electron chi connectivity index (χ1n) is 13.4.